The molecule has 1 saturated carbocycles. The van der Waals surface area contributed by atoms with Gasteiger partial charge in [-0.2, -0.15) is 11.8 Å². The van der Waals surface area contributed by atoms with Crippen molar-refractivity contribution < 1.29 is 0 Å². The zero-order chi connectivity index (χ0) is 13.7. The third-order valence-electron chi connectivity index (χ3n) is 4.46. The van der Waals surface area contributed by atoms with E-state index in [1.807, 2.05) is 0 Å². The fourth-order valence-electron chi connectivity index (χ4n) is 3.12. The second-order valence-electron chi connectivity index (χ2n) is 5.92. The van der Waals surface area contributed by atoms with Crippen molar-refractivity contribution in [1.29, 1.82) is 0 Å². The minimum atomic E-state index is 0.734. The lowest BCUT2D eigenvalue weighted by atomic mass is 9.80. The minimum Gasteiger partial charge on any atom is -0.330 e. The molecule has 1 aromatic rings. The molecule has 0 amide bonds. The van der Waals surface area contributed by atoms with Gasteiger partial charge in [0.15, 0.2) is 0 Å². The Labute approximate surface area is 122 Å². The average Bonchev–Trinajstić information content (AvgIpc) is 2.45. The van der Waals surface area contributed by atoms with Crippen molar-refractivity contribution in [2.75, 3.05) is 6.54 Å². The van der Waals surface area contributed by atoms with Crippen molar-refractivity contribution in [1.82, 2.24) is 0 Å². The summed E-state index contributed by atoms with van der Waals surface area (Å²) in [5.74, 6) is 2.80. The van der Waals surface area contributed by atoms with Crippen LogP contribution >= 0.6 is 11.8 Å². The van der Waals surface area contributed by atoms with Gasteiger partial charge in [-0.25, -0.2) is 0 Å². The minimum absolute atomic E-state index is 0.734. The van der Waals surface area contributed by atoms with Crippen LogP contribution in [0.15, 0.2) is 24.3 Å². The topological polar surface area (TPSA) is 26.0 Å². The number of benzene rings is 1. The Morgan fingerprint density at radius 2 is 2.16 bits per heavy atom. The van der Waals surface area contributed by atoms with Gasteiger partial charge >= 0.3 is 0 Å². The van der Waals surface area contributed by atoms with E-state index >= 15 is 0 Å². The molecule has 2 heteroatoms. The van der Waals surface area contributed by atoms with Crippen LogP contribution in [0.25, 0.3) is 0 Å². The lowest BCUT2D eigenvalue weighted by molar-refractivity contribution is 0.283. The van der Waals surface area contributed by atoms with Gasteiger partial charge in [-0.3, -0.25) is 0 Å². The van der Waals surface area contributed by atoms with Crippen molar-refractivity contribution in [3.8, 4) is 0 Å². The maximum absolute atomic E-state index is 5.96. The second-order valence-corrected chi connectivity index (χ2v) is 7.15. The van der Waals surface area contributed by atoms with Gasteiger partial charge in [-0.15, -0.1) is 0 Å². The number of aryl methyl sites for hydroxylation is 1. The van der Waals surface area contributed by atoms with Gasteiger partial charge in [0.05, 0.1) is 0 Å². The van der Waals surface area contributed by atoms with Crippen molar-refractivity contribution in [3.63, 3.8) is 0 Å². The molecule has 2 rings (SSSR count). The number of rotatable bonds is 5. The largest absolute Gasteiger partial charge is 0.330 e. The molecular weight excluding hydrogens is 250 g/mol. The fourth-order valence-corrected chi connectivity index (χ4v) is 4.64. The van der Waals surface area contributed by atoms with Crippen LogP contribution in [-0.4, -0.2) is 11.8 Å². The van der Waals surface area contributed by atoms with E-state index in [1.54, 1.807) is 0 Å². The molecule has 1 aliphatic carbocycles. The van der Waals surface area contributed by atoms with Gasteiger partial charge < -0.3 is 5.73 Å². The summed E-state index contributed by atoms with van der Waals surface area (Å²) in [5.41, 5.74) is 8.78. The van der Waals surface area contributed by atoms with Crippen molar-refractivity contribution in [2.45, 2.75) is 50.5 Å². The highest BCUT2D eigenvalue weighted by molar-refractivity contribution is 7.99. The lowest BCUT2D eigenvalue weighted by Gasteiger charge is -2.35. The van der Waals surface area contributed by atoms with E-state index in [0.717, 1.165) is 29.4 Å². The quantitative estimate of drug-likeness (QED) is 0.864. The fraction of sp³-hybridized carbons (Fsp3) is 0.647. The summed E-state index contributed by atoms with van der Waals surface area (Å²) >= 11 is 2.13. The number of hydrogen-bond donors (Lipinski definition) is 1. The van der Waals surface area contributed by atoms with Crippen molar-refractivity contribution in [2.24, 2.45) is 17.6 Å². The highest BCUT2D eigenvalue weighted by atomic mass is 32.2. The van der Waals surface area contributed by atoms with Gasteiger partial charge in [-0.1, -0.05) is 49.6 Å². The predicted octanol–water partition coefficient (Wildman–Crippen LogP) is 4.38. The number of hydrogen-bond acceptors (Lipinski definition) is 2. The molecule has 1 aromatic carbocycles. The summed E-state index contributed by atoms with van der Waals surface area (Å²) in [7, 11) is 0. The van der Waals surface area contributed by atoms with Gasteiger partial charge in [0.1, 0.15) is 0 Å². The molecule has 3 unspecified atom stereocenters. The van der Waals surface area contributed by atoms with E-state index in [-0.39, 0.29) is 0 Å². The number of nitrogens with two attached hydrogens (primary N) is 1. The SMILES string of the molecule is CCC1CCC(CN)C(SCc2cccc(C)c2)C1. The van der Waals surface area contributed by atoms with Crippen LogP contribution in [0.2, 0.25) is 0 Å². The van der Waals surface area contributed by atoms with Gasteiger partial charge in [-0.05, 0) is 43.7 Å². The first kappa shape index (κ1) is 14.9. The van der Waals surface area contributed by atoms with Crippen molar-refractivity contribution >= 4 is 11.8 Å². The monoisotopic (exact) mass is 277 g/mol. The van der Waals surface area contributed by atoms with Crippen LogP contribution in [0.1, 0.15) is 43.7 Å². The lowest BCUT2D eigenvalue weighted by Crippen LogP contribution is -2.32. The summed E-state index contributed by atoms with van der Waals surface area (Å²) < 4.78 is 0. The van der Waals surface area contributed by atoms with E-state index in [1.165, 1.54) is 36.8 Å². The summed E-state index contributed by atoms with van der Waals surface area (Å²) in [4.78, 5) is 0. The Balaban J connectivity index is 1.92. The first-order valence-corrected chi connectivity index (χ1v) is 8.65. The van der Waals surface area contributed by atoms with E-state index < -0.39 is 0 Å². The van der Waals surface area contributed by atoms with Crippen LogP contribution in [0.3, 0.4) is 0 Å². The molecule has 0 spiro atoms. The van der Waals surface area contributed by atoms with Crippen LogP contribution < -0.4 is 5.73 Å². The first-order valence-electron chi connectivity index (χ1n) is 7.60. The summed E-state index contributed by atoms with van der Waals surface area (Å²) in [5, 5.41) is 0.768. The third kappa shape index (κ3) is 4.25. The molecule has 19 heavy (non-hydrogen) atoms. The summed E-state index contributed by atoms with van der Waals surface area (Å²) in [6.45, 7) is 5.36. The molecular formula is C17H27NS. The highest BCUT2D eigenvalue weighted by Gasteiger charge is 2.28. The number of thioether (sulfide) groups is 1. The predicted molar refractivity (Wildman–Crippen MR) is 86.4 cm³/mol. The standard InChI is InChI=1S/C17H27NS/c1-3-14-7-8-16(11-18)17(10-14)19-12-15-6-4-5-13(2)9-15/h4-6,9,14,16-17H,3,7-8,10-12,18H2,1-2H3. The Bertz CT molecular complexity index is 391. The molecule has 0 aliphatic heterocycles. The molecule has 2 N–H and O–H groups in total. The summed E-state index contributed by atoms with van der Waals surface area (Å²) in [6.07, 6.45) is 5.42. The molecule has 1 aliphatic rings. The molecule has 3 atom stereocenters. The highest BCUT2D eigenvalue weighted by Crippen LogP contribution is 2.38. The first-order chi connectivity index (χ1) is 9.22. The molecule has 0 aromatic heterocycles. The Hall–Kier alpha value is -0.470. The molecule has 0 bridgehead atoms. The molecule has 1 nitrogen and oxygen atoms in total. The van der Waals surface area contributed by atoms with E-state index in [9.17, 15) is 0 Å². The Morgan fingerprint density at radius 3 is 2.84 bits per heavy atom. The normalized spacial score (nSPS) is 27.4. The molecule has 106 valence electrons. The molecule has 0 heterocycles. The zero-order valence-electron chi connectivity index (χ0n) is 12.3. The maximum Gasteiger partial charge on any atom is 0.0187 e. The Morgan fingerprint density at radius 1 is 1.32 bits per heavy atom. The van der Waals surface area contributed by atoms with E-state index in [4.69, 9.17) is 5.73 Å². The molecule has 0 radical (unpaired) electrons. The van der Waals surface area contributed by atoms with Crippen LogP contribution in [-0.2, 0) is 5.75 Å². The zero-order valence-corrected chi connectivity index (χ0v) is 13.1. The molecule has 1 fully saturated rings. The second kappa shape index (κ2) is 7.35. The van der Waals surface area contributed by atoms with Crippen LogP contribution in [0, 0.1) is 18.8 Å². The van der Waals surface area contributed by atoms with Gasteiger partial charge in [0.2, 0.25) is 0 Å². The van der Waals surface area contributed by atoms with Gasteiger partial charge in [0, 0.05) is 11.0 Å². The van der Waals surface area contributed by atoms with Gasteiger partial charge in [0.25, 0.3) is 0 Å². The smallest absolute Gasteiger partial charge is 0.0187 e. The van der Waals surface area contributed by atoms with E-state index in [2.05, 4.69) is 49.9 Å². The third-order valence-corrected chi connectivity index (χ3v) is 5.97. The van der Waals surface area contributed by atoms with Crippen LogP contribution in [0.4, 0.5) is 0 Å². The average molecular weight is 277 g/mol. The van der Waals surface area contributed by atoms with Crippen LogP contribution in [0.5, 0.6) is 0 Å². The van der Waals surface area contributed by atoms with E-state index in [0.29, 0.717) is 0 Å². The van der Waals surface area contributed by atoms with Crippen molar-refractivity contribution in [3.05, 3.63) is 35.4 Å². The maximum atomic E-state index is 5.96. The summed E-state index contributed by atoms with van der Waals surface area (Å²) in [6, 6.07) is 8.90. The molecule has 0 saturated heterocycles. The Kier molecular flexibility index (Phi) is 5.77.